The van der Waals surface area contributed by atoms with Gasteiger partial charge in [0.15, 0.2) is 0 Å². The Bertz CT molecular complexity index is 1360. The normalized spacial score (nSPS) is 18.0. The fraction of sp³-hybridized carbons (Fsp3) is 0.576. The number of H-pyrrole nitrogens is 1. The van der Waals surface area contributed by atoms with Crippen molar-refractivity contribution >= 4 is 28.3 Å². The third-order valence-electron chi connectivity index (χ3n) is 9.45. The summed E-state index contributed by atoms with van der Waals surface area (Å²) in [4.78, 5) is 28.1. The van der Waals surface area contributed by atoms with Crippen LogP contribution in [-0.2, 0) is 22.1 Å². The van der Waals surface area contributed by atoms with Gasteiger partial charge in [-0.25, -0.2) is 0 Å². The monoisotopic (exact) mass is 606 g/mol. The van der Waals surface area contributed by atoms with E-state index in [0.717, 1.165) is 48.2 Å². The lowest BCUT2D eigenvalue weighted by Crippen LogP contribution is -2.53. The van der Waals surface area contributed by atoms with Crippen LogP contribution in [0.1, 0.15) is 86.1 Å². The number of benzene rings is 1. The van der Waals surface area contributed by atoms with Crippen LogP contribution in [0.5, 0.6) is 0 Å². The number of nitrogens with one attached hydrogen (secondary N) is 3. The molecule has 3 N–H and O–H groups in total. The summed E-state index contributed by atoms with van der Waals surface area (Å²) >= 11 is 0. The Morgan fingerprint density at radius 2 is 1.60 bits per heavy atom. The summed E-state index contributed by atoms with van der Waals surface area (Å²) in [6.45, 7) is 4.36. The first kappa shape index (κ1) is 31.2. The molecule has 10 heteroatoms. The third-order valence-corrected chi connectivity index (χ3v) is 10.2. The van der Waals surface area contributed by atoms with Gasteiger partial charge in [-0.1, -0.05) is 76.3 Å². The first-order chi connectivity index (χ1) is 20.8. The average Bonchev–Trinajstić information content (AvgIpc) is 3.63. The first-order valence-electron chi connectivity index (χ1n) is 15.9. The molecule has 9 nitrogen and oxygen atoms in total. The van der Waals surface area contributed by atoms with Crippen LogP contribution in [0.15, 0.2) is 36.5 Å². The van der Waals surface area contributed by atoms with E-state index in [1.807, 2.05) is 38.1 Å². The van der Waals surface area contributed by atoms with Gasteiger partial charge in [0.2, 0.25) is 5.91 Å². The molecule has 2 atom stereocenters. The highest BCUT2D eigenvalue weighted by molar-refractivity contribution is 7.84. The quantitative estimate of drug-likeness (QED) is 0.255. The Morgan fingerprint density at radius 1 is 0.977 bits per heavy atom. The molecule has 5 rings (SSSR count). The highest BCUT2D eigenvalue weighted by Crippen LogP contribution is 2.42. The van der Waals surface area contributed by atoms with Gasteiger partial charge in [-0.3, -0.25) is 23.6 Å². The second-order valence-electron chi connectivity index (χ2n) is 12.4. The number of rotatable bonds is 11. The van der Waals surface area contributed by atoms with E-state index < -0.39 is 16.8 Å². The maximum absolute atomic E-state index is 14.3. The van der Waals surface area contributed by atoms with Crippen molar-refractivity contribution in [2.45, 2.75) is 90.6 Å². The zero-order valence-electron chi connectivity index (χ0n) is 25.7. The summed E-state index contributed by atoms with van der Waals surface area (Å²) in [7, 11) is -1.00. The Balaban J connectivity index is 1.42. The van der Waals surface area contributed by atoms with E-state index in [9.17, 15) is 13.8 Å². The molecule has 0 aliphatic heterocycles. The molecule has 0 bridgehead atoms. The molecule has 2 saturated carbocycles. The summed E-state index contributed by atoms with van der Waals surface area (Å²) in [6.07, 6.45) is 14.8. The van der Waals surface area contributed by atoms with Gasteiger partial charge < -0.3 is 10.6 Å². The molecule has 232 valence electrons. The van der Waals surface area contributed by atoms with Crippen LogP contribution in [-0.4, -0.2) is 54.1 Å². The van der Waals surface area contributed by atoms with Gasteiger partial charge in [-0.15, -0.1) is 0 Å². The number of hydrogen-bond acceptors (Lipinski definition) is 5. The van der Waals surface area contributed by atoms with Gasteiger partial charge in [-0.05, 0) is 55.4 Å². The summed E-state index contributed by atoms with van der Waals surface area (Å²) in [5.41, 5.74) is 5.14. The molecule has 2 heterocycles. The zero-order chi connectivity index (χ0) is 30.3. The van der Waals surface area contributed by atoms with E-state index in [0.29, 0.717) is 35.5 Å². The molecular weight excluding hydrogens is 560 g/mol. The number of hydrogen-bond donors (Lipinski definition) is 3. The molecule has 2 aromatic heterocycles. The minimum absolute atomic E-state index is 0.0690. The molecule has 2 aliphatic carbocycles. The van der Waals surface area contributed by atoms with Crippen LogP contribution in [0.4, 0.5) is 5.69 Å². The van der Waals surface area contributed by atoms with Crippen molar-refractivity contribution < 1.29 is 13.8 Å². The van der Waals surface area contributed by atoms with E-state index >= 15 is 0 Å². The maximum atomic E-state index is 14.3. The number of aromatic nitrogens is 4. The topological polar surface area (TPSA) is 122 Å². The van der Waals surface area contributed by atoms with Crippen molar-refractivity contribution in [3.05, 3.63) is 53.6 Å². The van der Waals surface area contributed by atoms with Crippen molar-refractivity contribution in [2.24, 2.45) is 17.8 Å². The summed E-state index contributed by atoms with van der Waals surface area (Å²) in [5.74, 6) is 0.798. The van der Waals surface area contributed by atoms with E-state index in [1.165, 1.54) is 38.5 Å². The minimum atomic E-state index is -1.00. The lowest BCUT2D eigenvalue weighted by Gasteiger charge is -2.42. The molecule has 2 aliphatic rings. The van der Waals surface area contributed by atoms with Crippen molar-refractivity contribution in [1.82, 2.24) is 25.3 Å². The van der Waals surface area contributed by atoms with E-state index in [-0.39, 0.29) is 17.7 Å². The first-order valence-corrected chi connectivity index (χ1v) is 17.6. The Labute approximate surface area is 257 Å². The van der Waals surface area contributed by atoms with Gasteiger partial charge in [0.1, 0.15) is 11.7 Å². The highest BCUT2D eigenvalue weighted by Gasteiger charge is 2.41. The van der Waals surface area contributed by atoms with Crippen LogP contribution < -0.4 is 10.6 Å². The van der Waals surface area contributed by atoms with Crippen molar-refractivity contribution in [1.29, 1.82) is 0 Å². The number of nitrogens with zero attached hydrogens (tertiary/aromatic N) is 3. The van der Waals surface area contributed by atoms with Crippen molar-refractivity contribution in [3.63, 3.8) is 0 Å². The third kappa shape index (κ3) is 7.63. The smallest absolute Gasteiger partial charge is 0.270 e. The number of anilines is 1. The number of aryl methyl sites for hydroxylation is 3. The second kappa shape index (κ2) is 14.5. The van der Waals surface area contributed by atoms with Gasteiger partial charge in [0.05, 0.1) is 12.2 Å². The molecule has 3 aromatic rings. The summed E-state index contributed by atoms with van der Waals surface area (Å²) in [6, 6.07) is 8.87. The standard InChI is InChI=1S/C33H46N6O3S/c1-22-29(23(2)38-37-22)26-14-16-27(17-15-26)35-33(41)31(36-32(40)28-18-19-34-39(28)20-21-43(3)42)30(24-10-6-4-7-11-24)25-12-8-5-9-13-25/h14-19,24-25,30-31H,4-13,20-21H2,1-3H3,(H,35,41)(H,36,40)(H,37,38)/t31-,43?/m0/s1. The predicted molar refractivity (Wildman–Crippen MR) is 171 cm³/mol. The average molecular weight is 607 g/mol. The molecule has 1 unspecified atom stereocenters. The van der Waals surface area contributed by atoms with Crippen LogP contribution in [0.3, 0.4) is 0 Å². The molecule has 2 fully saturated rings. The lowest BCUT2D eigenvalue weighted by atomic mass is 9.66. The van der Waals surface area contributed by atoms with E-state index in [4.69, 9.17) is 0 Å². The Kier molecular flexibility index (Phi) is 10.5. The SMILES string of the molecule is Cc1n[nH]c(C)c1-c1ccc(NC(=O)[C@@H](NC(=O)c2ccnn2CCS(C)=O)C(C2CCCCC2)C2CCCCC2)cc1. The largest absolute Gasteiger partial charge is 0.339 e. The molecule has 43 heavy (non-hydrogen) atoms. The summed E-state index contributed by atoms with van der Waals surface area (Å²) in [5, 5.41) is 18.0. The lowest BCUT2D eigenvalue weighted by molar-refractivity contribution is -0.120. The molecule has 0 radical (unpaired) electrons. The second-order valence-corrected chi connectivity index (χ2v) is 14.0. The van der Waals surface area contributed by atoms with Crippen molar-refractivity contribution in [2.75, 3.05) is 17.3 Å². The Hall–Kier alpha value is -3.27. The van der Waals surface area contributed by atoms with Gasteiger partial charge >= 0.3 is 0 Å². The van der Waals surface area contributed by atoms with Gasteiger partial charge in [0, 0.05) is 45.9 Å². The number of carbonyl (C=O) groups is 2. The molecule has 0 spiro atoms. The molecular formula is C33H46N6O3S. The number of aromatic amines is 1. The van der Waals surface area contributed by atoms with E-state index in [1.54, 1.807) is 23.2 Å². The van der Waals surface area contributed by atoms with Gasteiger partial charge in [-0.2, -0.15) is 10.2 Å². The van der Waals surface area contributed by atoms with E-state index in [2.05, 4.69) is 25.9 Å². The van der Waals surface area contributed by atoms with Crippen LogP contribution in [0.25, 0.3) is 11.1 Å². The Morgan fingerprint density at radius 3 is 2.16 bits per heavy atom. The highest BCUT2D eigenvalue weighted by atomic mass is 32.2. The van der Waals surface area contributed by atoms with Crippen LogP contribution >= 0.6 is 0 Å². The van der Waals surface area contributed by atoms with Gasteiger partial charge in [0.25, 0.3) is 5.91 Å². The number of amides is 2. The minimum Gasteiger partial charge on any atom is -0.339 e. The maximum Gasteiger partial charge on any atom is 0.270 e. The molecule has 1 aromatic carbocycles. The van der Waals surface area contributed by atoms with Crippen LogP contribution in [0, 0.1) is 31.6 Å². The van der Waals surface area contributed by atoms with Crippen LogP contribution in [0.2, 0.25) is 0 Å². The predicted octanol–water partition coefficient (Wildman–Crippen LogP) is 5.78. The molecule has 2 amide bonds. The zero-order valence-corrected chi connectivity index (χ0v) is 26.5. The van der Waals surface area contributed by atoms with Crippen molar-refractivity contribution in [3.8, 4) is 11.1 Å². The number of carbonyl (C=O) groups excluding carboxylic acids is 2. The fourth-order valence-electron chi connectivity index (χ4n) is 7.35. The fourth-order valence-corrected chi connectivity index (χ4v) is 7.78. The molecule has 0 saturated heterocycles. The summed E-state index contributed by atoms with van der Waals surface area (Å²) < 4.78 is 13.3.